The van der Waals surface area contributed by atoms with Crippen LogP contribution in [0.25, 0.3) is 0 Å². The molecule has 0 aliphatic carbocycles. The fourth-order valence-electron chi connectivity index (χ4n) is 8.83. The molecule has 3 rings (SSSR count). The fourth-order valence-corrected chi connectivity index (χ4v) is 8.83. The van der Waals surface area contributed by atoms with Gasteiger partial charge in [0.2, 0.25) is 5.91 Å². The van der Waals surface area contributed by atoms with Crippen molar-refractivity contribution in [3.05, 3.63) is 60.8 Å². The Kier molecular flexibility index (Phi) is 33.8. The first-order valence-electron chi connectivity index (χ1n) is 27.0. The molecule has 3 aliphatic heterocycles. The highest BCUT2D eigenvalue weighted by Gasteiger charge is 2.53. The third-order valence-electron chi connectivity index (χ3n) is 13.3. The van der Waals surface area contributed by atoms with Crippen LogP contribution in [0.2, 0.25) is 0 Å². The van der Waals surface area contributed by atoms with Gasteiger partial charge in [0.15, 0.2) is 18.9 Å². The van der Waals surface area contributed by atoms with Crippen molar-refractivity contribution in [2.24, 2.45) is 0 Å². The third kappa shape index (κ3) is 23.3. The molecule has 17 atom stereocenters. The second-order valence-corrected chi connectivity index (χ2v) is 19.3. The highest BCUT2D eigenvalue weighted by molar-refractivity contribution is 5.76. The van der Waals surface area contributed by atoms with Crippen molar-refractivity contribution in [3.8, 4) is 0 Å². The fraction of sp³-hybridized carbons (Fsp3) is 0.796. The molecule has 422 valence electrons. The number of rotatable bonds is 37. The molecule has 3 heterocycles. The molecule has 0 saturated carbocycles. The zero-order chi connectivity index (χ0) is 53.4. The molecule has 0 aromatic carbocycles. The molecule has 17 unspecified atom stereocenters. The van der Waals surface area contributed by atoms with Gasteiger partial charge in [0.05, 0.1) is 38.6 Å². The van der Waals surface area contributed by atoms with E-state index in [0.29, 0.717) is 6.42 Å². The lowest BCUT2D eigenvalue weighted by Crippen LogP contribution is -2.66. The first-order chi connectivity index (χ1) is 35.3. The van der Waals surface area contributed by atoms with E-state index < -0.39 is 124 Å². The number of carbonyl (C=O) groups excluding carboxylic acids is 1. The van der Waals surface area contributed by atoms with Gasteiger partial charge in [-0.1, -0.05) is 139 Å². The van der Waals surface area contributed by atoms with Crippen LogP contribution < -0.4 is 5.32 Å². The van der Waals surface area contributed by atoms with Gasteiger partial charge in [0.25, 0.3) is 0 Å². The maximum atomic E-state index is 13.2. The molecule has 19 nitrogen and oxygen atoms in total. The summed E-state index contributed by atoms with van der Waals surface area (Å²) in [4.78, 5) is 13.2. The minimum absolute atomic E-state index is 0.233. The SMILES string of the molecule is CC/C=C\C/C=C\C/C=C\C/C=C\CCCCCCCCCCCCC(=O)NC(COC1OC(CO)C(OC2OC(CO)C(OC3OC(CO)C(O)C(O)C3O)C(O)C2O)C(O)C1O)C(O)/C=C/CCCCC. The van der Waals surface area contributed by atoms with Crippen LogP contribution in [0.4, 0.5) is 0 Å². The molecule has 3 fully saturated rings. The number of nitrogens with one attached hydrogen (secondary N) is 1. The Bertz CT molecular complexity index is 1580. The van der Waals surface area contributed by atoms with Crippen molar-refractivity contribution in [1.82, 2.24) is 5.32 Å². The molecule has 0 radical (unpaired) electrons. The lowest BCUT2D eigenvalue weighted by molar-refractivity contribution is -0.379. The molecular weight excluding hydrogens is 951 g/mol. The standard InChI is InChI=1S/C54H93NO18/c1-3-5-7-9-10-11-12-13-14-15-16-17-18-19-20-21-22-23-24-25-26-28-30-32-42(60)55-37(38(59)31-29-27-8-6-4-2)36-68-52-48(66)45(63)50(40(34-57)70-52)73-54-49(67)46(64)51(41(35-58)71-54)72-53-47(65)44(62)43(61)39(33-56)69-53/h5,7,10-11,13-14,16-17,29,31,37-41,43-54,56-59,61-67H,3-4,6,8-9,12,15,18-28,30,32-36H2,1-2H3,(H,55,60)/b7-5-,11-10-,14-13-,17-16-,31-29+. The molecule has 12 N–H and O–H groups in total. The van der Waals surface area contributed by atoms with Gasteiger partial charge in [-0.15, -0.1) is 0 Å². The number of hydrogen-bond donors (Lipinski definition) is 12. The summed E-state index contributed by atoms with van der Waals surface area (Å²) >= 11 is 0. The minimum atomic E-state index is -1.98. The topological polar surface area (TPSA) is 307 Å². The van der Waals surface area contributed by atoms with Crippen LogP contribution in [0.15, 0.2) is 60.8 Å². The summed E-state index contributed by atoms with van der Waals surface area (Å²) in [6.45, 7) is 1.44. The lowest BCUT2D eigenvalue weighted by atomic mass is 9.96. The van der Waals surface area contributed by atoms with Crippen molar-refractivity contribution in [1.29, 1.82) is 0 Å². The molecule has 0 spiro atoms. The molecule has 0 bridgehead atoms. The molecule has 0 aromatic rings. The smallest absolute Gasteiger partial charge is 0.220 e. The Morgan fingerprint density at radius 2 is 0.945 bits per heavy atom. The summed E-state index contributed by atoms with van der Waals surface area (Å²) in [5.41, 5.74) is 0. The van der Waals surface area contributed by atoms with Crippen molar-refractivity contribution < 1.29 is 89.4 Å². The number of carbonyl (C=O) groups is 1. The summed E-state index contributed by atoms with van der Waals surface area (Å²) in [5.74, 6) is -0.292. The maximum Gasteiger partial charge on any atom is 0.220 e. The number of allylic oxidation sites excluding steroid dienone is 9. The average Bonchev–Trinajstić information content (AvgIpc) is 3.38. The van der Waals surface area contributed by atoms with Crippen molar-refractivity contribution in [2.75, 3.05) is 26.4 Å². The molecule has 0 aromatic heterocycles. The van der Waals surface area contributed by atoms with Gasteiger partial charge in [0, 0.05) is 6.42 Å². The first-order valence-corrected chi connectivity index (χ1v) is 27.0. The maximum absolute atomic E-state index is 13.2. The normalized spacial score (nSPS) is 32.2. The predicted molar refractivity (Wildman–Crippen MR) is 272 cm³/mol. The Morgan fingerprint density at radius 3 is 1.48 bits per heavy atom. The summed E-state index contributed by atoms with van der Waals surface area (Å²) in [6, 6.07) is -0.973. The van der Waals surface area contributed by atoms with E-state index in [1.807, 2.05) is 6.08 Å². The Balaban J connectivity index is 1.42. The molecular formula is C54H93NO18. The monoisotopic (exact) mass is 1040 g/mol. The number of ether oxygens (including phenoxy) is 6. The lowest BCUT2D eigenvalue weighted by Gasteiger charge is -2.48. The van der Waals surface area contributed by atoms with Gasteiger partial charge in [-0.2, -0.15) is 0 Å². The van der Waals surface area contributed by atoms with Crippen LogP contribution >= 0.6 is 0 Å². The molecule has 19 heteroatoms. The Labute approximate surface area is 433 Å². The second kappa shape index (κ2) is 38.1. The summed E-state index contributed by atoms with van der Waals surface area (Å²) in [7, 11) is 0. The van der Waals surface area contributed by atoms with Gasteiger partial charge >= 0.3 is 0 Å². The van der Waals surface area contributed by atoms with Crippen molar-refractivity contribution in [3.63, 3.8) is 0 Å². The van der Waals surface area contributed by atoms with Crippen molar-refractivity contribution >= 4 is 5.91 Å². The van der Waals surface area contributed by atoms with E-state index in [-0.39, 0.29) is 18.9 Å². The largest absolute Gasteiger partial charge is 0.394 e. The molecule has 3 saturated heterocycles. The van der Waals surface area contributed by atoms with Crippen LogP contribution in [0.5, 0.6) is 0 Å². The summed E-state index contributed by atoms with van der Waals surface area (Å²) in [6.07, 6.45) is 14.3. The van der Waals surface area contributed by atoms with Crippen molar-refractivity contribution in [2.45, 2.75) is 247 Å². The van der Waals surface area contributed by atoms with Crippen LogP contribution in [0, 0.1) is 0 Å². The number of aliphatic hydroxyl groups excluding tert-OH is 11. The van der Waals surface area contributed by atoms with Gasteiger partial charge in [-0.3, -0.25) is 4.79 Å². The van der Waals surface area contributed by atoms with Crippen LogP contribution in [-0.2, 0) is 33.2 Å². The van der Waals surface area contributed by atoms with E-state index in [2.05, 4.69) is 67.8 Å². The van der Waals surface area contributed by atoms with Gasteiger partial charge < -0.3 is 89.9 Å². The van der Waals surface area contributed by atoms with E-state index in [4.69, 9.17) is 28.4 Å². The molecule has 73 heavy (non-hydrogen) atoms. The highest BCUT2D eigenvalue weighted by Crippen LogP contribution is 2.33. The van der Waals surface area contributed by atoms with Gasteiger partial charge in [-0.05, 0) is 57.8 Å². The van der Waals surface area contributed by atoms with Gasteiger partial charge in [0.1, 0.15) is 73.2 Å². The van der Waals surface area contributed by atoms with E-state index in [1.54, 1.807) is 6.08 Å². The molecule has 3 aliphatic rings. The highest BCUT2D eigenvalue weighted by atomic mass is 16.8. The summed E-state index contributed by atoms with van der Waals surface area (Å²) in [5, 5.41) is 119. The minimum Gasteiger partial charge on any atom is -0.394 e. The van der Waals surface area contributed by atoms with Crippen LogP contribution in [-0.4, -0.2) is 193 Å². The second-order valence-electron chi connectivity index (χ2n) is 19.3. The van der Waals surface area contributed by atoms with E-state index in [1.165, 1.54) is 32.1 Å². The number of aliphatic hydroxyl groups is 11. The predicted octanol–water partition coefficient (Wildman–Crippen LogP) is 2.92. The van der Waals surface area contributed by atoms with Gasteiger partial charge in [-0.25, -0.2) is 0 Å². The Hall–Kier alpha value is -2.51. The zero-order valence-electron chi connectivity index (χ0n) is 43.3. The van der Waals surface area contributed by atoms with E-state index in [9.17, 15) is 61.0 Å². The molecule has 1 amide bonds. The van der Waals surface area contributed by atoms with E-state index in [0.717, 1.165) is 83.5 Å². The number of amides is 1. The first kappa shape index (κ1) is 64.8. The average molecular weight is 1040 g/mol. The number of unbranched alkanes of at least 4 members (excludes halogenated alkanes) is 13. The summed E-state index contributed by atoms with van der Waals surface area (Å²) < 4.78 is 34.0. The third-order valence-corrected chi connectivity index (χ3v) is 13.3. The zero-order valence-corrected chi connectivity index (χ0v) is 43.3. The quantitative estimate of drug-likeness (QED) is 0.0315. The van der Waals surface area contributed by atoms with Crippen LogP contribution in [0.3, 0.4) is 0 Å². The Morgan fingerprint density at radius 1 is 0.507 bits per heavy atom. The number of hydrogen-bond acceptors (Lipinski definition) is 18. The van der Waals surface area contributed by atoms with Crippen LogP contribution in [0.1, 0.15) is 142 Å². The van der Waals surface area contributed by atoms with E-state index >= 15 is 0 Å².